The third-order valence-corrected chi connectivity index (χ3v) is 6.87. The van der Waals surface area contributed by atoms with Gasteiger partial charge in [0.25, 0.3) is 5.91 Å². The van der Waals surface area contributed by atoms with E-state index >= 15 is 0 Å². The van der Waals surface area contributed by atoms with Gasteiger partial charge in [-0.2, -0.15) is 0 Å². The molecule has 188 valence electrons. The molecule has 1 aliphatic rings. The lowest BCUT2D eigenvalue weighted by Gasteiger charge is -2.16. The number of carboxylic acid groups (broad SMARTS) is 2. The molecule has 5 rings (SSSR count). The second kappa shape index (κ2) is 10.6. The highest BCUT2D eigenvalue weighted by molar-refractivity contribution is 8.18. The predicted molar refractivity (Wildman–Crippen MR) is 146 cm³/mol. The number of benzene rings is 3. The van der Waals surface area contributed by atoms with Crippen molar-refractivity contribution in [2.45, 2.75) is 6.54 Å². The number of amides is 1. The molecule has 0 bridgehead atoms. The van der Waals surface area contributed by atoms with E-state index in [9.17, 15) is 24.6 Å². The molecule has 38 heavy (non-hydrogen) atoms. The Bertz CT molecular complexity index is 1570. The van der Waals surface area contributed by atoms with Crippen molar-refractivity contribution in [3.8, 4) is 5.69 Å². The van der Waals surface area contributed by atoms with Crippen LogP contribution in [-0.4, -0.2) is 42.7 Å². The summed E-state index contributed by atoms with van der Waals surface area (Å²) in [5.41, 5.74) is 3.35. The molecule has 1 fully saturated rings. The van der Waals surface area contributed by atoms with Crippen LogP contribution in [0.5, 0.6) is 0 Å². The monoisotopic (exact) mass is 523 g/mol. The van der Waals surface area contributed by atoms with Gasteiger partial charge in [-0.25, -0.2) is 14.6 Å². The van der Waals surface area contributed by atoms with Crippen LogP contribution in [0.25, 0.3) is 11.8 Å². The summed E-state index contributed by atoms with van der Waals surface area (Å²) in [5, 5.41) is 18.9. The first-order chi connectivity index (χ1) is 18.4. The van der Waals surface area contributed by atoms with E-state index in [4.69, 9.17) is 4.99 Å². The Kier molecular flexibility index (Phi) is 6.92. The van der Waals surface area contributed by atoms with Crippen LogP contribution in [0, 0.1) is 0 Å². The van der Waals surface area contributed by atoms with E-state index in [1.54, 1.807) is 35.2 Å². The van der Waals surface area contributed by atoms with Gasteiger partial charge in [-0.3, -0.25) is 9.69 Å². The van der Waals surface area contributed by atoms with Gasteiger partial charge in [-0.15, -0.1) is 0 Å². The Morgan fingerprint density at radius 2 is 1.45 bits per heavy atom. The van der Waals surface area contributed by atoms with E-state index in [1.165, 1.54) is 36.0 Å². The number of hydrogen-bond acceptors (Lipinski definition) is 5. The summed E-state index contributed by atoms with van der Waals surface area (Å²) in [6.07, 6.45) is 3.62. The van der Waals surface area contributed by atoms with E-state index in [0.717, 1.165) is 16.9 Å². The lowest BCUT2D eigenvalue weighted by Crippen LogP contribution is -2.28. The topological polar surface area (TPSA) is 112 Å². The molecule has 2 heterocycles. The van der Waals surface area contributed by atoms with Gasteiger partial charge in [0, 0.05) is 17.6 Å². The van der Waals surface area contributed by atoms with Gasteiger partial charge in [-0.1, -0.05) is 30.3 Å². The number of aromatic nitrogens is 1. The summed E-state index contributed by atoms with van der Waals surface area (Å²) in [6.45, 7) is 0.229. The van der Waals surface area contributed by atoms with Gasteiger partial charge in [-0.05, 0) is 84.1 Å². The molecule has 1 saturated heterocycles. The average molecular weight is 524 g/mol. The molecule has 0 unspecified atom stereocenters. The van der Waals surface area contributed by atoms with E-state index in [-0.39, 0.29) is 23.6 Å². The summed E-state index contributed by atoms with van der Waals surface area (Å²) in [5.74, 6) is -2.23. The number of carboxylic acids is 2. The molecule has 0 aliphatic carbocycles. The van der Waals surface area contributed by atoms with Crippen LogP contribution in [-0.2, 0) is 11.3 Å². The van der Waals surface area contributed by atoms with Gasteiger partial charge in [0.05, 0.1) is 28.3 Å². The number of hydrogen-bond donors (Lipinski definition) is 2. The highest BCUT2D eigenvalue weighted by Crippen LogP contribution is 2.35. The third-order valence-electron chi connectivity index (χ3n) is 5.86. The number of nitrogens with zero attached hydrogens (tertiary/aromatic N) is 3. The predicted octanol–water partition coefficient (Wildman–Crippen LogP) is 5.68. The number of aromatic carboxylic acids is 2. The first kappa shape index (κ1) is 24.8. The fourth-order valence-electron chi connectivity index (χ4n) is 3.92. The van der Waals surface area contributed by atoms with Crippen molar-refractivity contribution in [2.75, 3.05) is 0 Å². The lowest BCUT2D eigenvalue weighted by molar-refractivity contribution is -0.122. The van der Waals surface area contributed by atoms with Crippen LogP contribution in [0.2, 0.25) is 0 Å². The normalized spacial score (nSPS) is 15.4. The van der Waals surface area contributed by atoms with E-state index < -0.39 is 11.9 Å². The zero-order valence-electron chi connectivity index (χ0n) is 19.9. The number of para-hydroxylation sites is 1. The van der Waals surface area contributed by atoms with Crippen LogP contribution in [0.4, 0.5) is 5.69 Å². The molecular formula is C29H21N3O5S. The lowest BCUT2D eigenvalue weighted by atomic mass is 10.1. The molecule has 2 N–H and O–H groups in total. The van der Waals surface area contributed by atoms with E-state index in [0.29, 0.717) is 15.8 Å². The van der Waals surface area contributed by atoms with Crippen LogP contribution in [0.3, 0.4) is 0 Å². The van der Waals surface area contributed by atoms with Crippen molar-refractivity contribution in [2.24, 2.45) is 4.99 Å². The van der Waals surface area contributed by atoms with Crippen molar-refractivity contribution in [1.82, 2.24) is 9.47 Å². The van der Waals surface area contributed by atoms with Crippen molar-refractivity contribution >= 4 is 46.5 Å². The second-order valence-electron chi connectivity index (χ2n) is 8.39. The average Bonchev–Trinajstić information content (AvgIpc) is 3.50. The molecule has 0 spiro atoms. The summed E-state index contributed by atoms with van der Waals surface area (Å²) < 4.78 is 1.87. The number of carbonyl (C=O) groups is 3. The Morgan fingerprint density at radius 3 is 2.08 bits per heavy atom. The Hall–Kier alpha value is -4.89. The van der Waals surface area contributed by atoms with Gasteiger partial charge >= 0.3 is 11.9 Å². The molecular weight excluding hydrogens is 502 g/mol. The van der Waals surface area contributed by atoms with Crippen LogP contribution in [0.15, 0.2) is 107 Å². The maximum Gasteiger partial charge on any atom is 0.335 e. The van der Waals surface area contributed by atoms with Gasteiger partial charge in [0.15, 0.2) is 5.17 Å². The Balaban J connectivity index is 1.48. The summed E-state index contributed by atoms with van der Waals surface area (Å²) in [7, 11) is 0. The highest BCUT2D eigenvalue weighted by Gasteiger charge is 2.33. The number of rotatable bonds is 7. The maximum atomic E-state index is 13.6. The van der Waals surface area contributed by atoms with E-state index in [1.807, 2.05) is 53.2 Å². The Labute approximate surface area is 222 Å². The molecule has 8 nitrogen and oxygen atoms in total. The van der Waals surface area contributed by atoms with E-state index in [2.05, 4.69) is 0 Å². The molecule has 9 heteroatoms. The fraction of sp³-hybridized carbons (Fsp3) is 0.0345. The van der Waals surface area contributed by atoms with Gasteiger partial charge in [0.2, 0.25) is 0 Å². The highest BCUT2D eigenvalue weighted by atomic mass is 32.2. The first-order valence-electron chi connectivity index (χ1n) is 11.6. The van der Waals surface area contributed by atoms with Gasteiger partial charge in [0.1, 0.15) is 0 Å². The number of amidine groups is 1. The second-order valence-corrected chi connectivity index (χ2v) is 9.40. The number of carbonyl (C=O) groups excluding carboxylic acids is 1. The summed E-state index contributed by atoms with van der Waals surface area (Å²) >= 11 is 1.26. The maximum absolute atomic E-state index is 13.6. The van der Waals surface area contributed by atoms with Crippen LogP contribution < -0.4 is 0 Å². The molecule has 0 saturated carbocycles. The minimum absolute atomic E-state index is 0.173. The first-order valence-corrected chi connectivity index (χ1v) is 12.4. The largest absolute Gasteiger partial charge is 0.478 e. The van der Waals surface area contributed by atoms with Crippen molar-refractivity contribution in [3.05, 3.63) is 124 Å². The molecule has 0 atom stereocenters. The molecule has 1 aliphatic heterocycles. The minimum atomic E-state index is -1.01. The number of thioether (sulfide) groups is 1. The molecule has 1 aromatic heterocycles. The third kappa shape index (κ3) is 5.28. The summed E-state index contributed by atoms with van der Waals surface area (Å²) in [4.78, 5) is 42.7. The zero-order valence-corrected chi connectivity index (χ0v) is 20.7. The summed E-state index contributed by atoms with van der Waals surface area (Å²) in [6, 6.07) is 26.0. The smallest absolute Gasteiger partial charge is 0.335 e. The van der Waals surface area contributed by atoms with Gasteiger partial charge < -0.3 is 14.8 Å². The van der Waals surface area contributed by atoms with Crippen molar-refractivity contribution < 1.29 is 24.6 Å². The number of aliphatic imine (C=N–C) groups is 1. The minimum Gasteiger partial charge on any atom is -0.478 e. The fourth-order valence-corrected chi connectivity index (χ4v) is 4.91. The SMILES string of the molecule is O=C(O)c1ccc(CN2C(=O)/C(=C/c3cccn3-c3ccc(C(=O)O)cc3)SC2=Nc2ccccc2)cc1. The zero-order chi connectivity index (χ0) is 26.6. The molecule has 4 aromatic rings. The Morgan fingerprint density at radius 1 is 0.816 bits per heavy atom. The molecule has 1 amide bonds. The van der Waals surface area contributed by atoms with Crippen molar-refractivity contribution in [1.29, 1.82) is 0 Å². The van der Waals surface area contributed by atoms with Crippen molar-refractivity contribution in [3.63, 3.8) is 0 Å². The standard InChI is InChI=1S/C29H21N3O5S/c33-26-25(17-24-7-4-16-31(24)23-14-12-21(13-15-23)28(36)37)38-29(30-22-5-2-1-3-6-22)32(26)18-19-8-10-20(11-9-19)27(34)35/h1-17H,18H2,(H,34,35)(H,36,37)/b25-17-,30-29?. The molecule has 3 aromatic carbocycles. The van der Waals surface area contributed by atoms with Crippen LogP contribution in [0.1, 0.15) is 32.0 Å². The molecule has 0 radical (unpaired) electrons. The van der Waals surface area contributed by atoms with Crippen LogP contribution >= 0.6 is 11.8 Å². The quantitative estimate of drug-likeness (QED) is 0.302.